The van der Waals surface area contributed by atoms with Crippen LogP contribution in [-0.2, 0) is 28.2 Å². The first-order valence-corrected chi connectivity index (χ1v) is 17.7. The lowest BCUT2D eigenvalue weighted by Crippen LogP contribution is -2.54. The molecule has 0 bridgehead atoms. The minimum atomic E-state index is -1.96. The van der Waals surface area contributed by atoms with Crippen LogP contribution in [0.5, 0.6) is 5.75 Å². The van der Waals surface area contributed by atoms with E-state index < -0.39 is 42.5 Å². The molecule has 0 spiro atoms. The van der Waals surface area contributed by atoms with Crippen molar-refractivity contribution in [2.24, 2.45) is 0 Å². The summed E-state index contributed by atoms with van der Waals surface area (Å²) in [7, 11) is 0. The van der Waals surface area contributed by atoms with Gasteiger partial charge in [0.05, 0.1) is 24.9 Å². The standard InChI is InChI=1S/C37H46Cl2N2O8/c1-22(2)41(36(47)35(46)34(45)33(44)31(43)20-42)16-6-5-7-23-17-30(39)24(18-29(23)38)21-48-37(13-14-37)28-19-40-15-12-26(28)27-8-3-4-9-32(27)49-25-10-11-25/h3-4,8-9,12,15,17-19,22,25,31,33-35,42-46H,5-7,10-11,13-14,16,20-21H2,1-2H3/t31-,33+,34-,35-/m0/s1. The van der Waals surface area contributed by atoms with Crippen LogP contribution in [0.1, 0.15) is 69.1 Å². The van der Waals surface area contributed by atoms with E-state index in [9.17, 15) is 25.2 Å². The number of aryl methyl sites for hydroxylation is 1. The molecule has 10 nitrogen and oxygen atoms in total. The number of hydrogen-bond acceptors (Lipinski definition) is 9. The molecular formula is C37H46Cl2N2O8. The minimum absolute atomic E-state index is 0.275. The third-order valence-electron chi connectivity index (χ3n) is 9.24. The molecule has 4 atom stereocenters. The summed E-state index contributed by atoms with van der Waals surface area (Å²) in [6.07, 6.45) is 2.17. The van der Waals surface area contributed by atoms with Crippen LogP contribution in [0.15, 0.2) is 54.9 Å². The van der Waals surface area contributed by atoms with E-state index in [0.717, 1.165) is 59.3 Å². The summed E-state index contributed by atoms with van der Waals surface area (Å²) in [5.74, 6) is 0.0909. The van der Waals surface area contributed by atoms with Gasteiger partial charge in [-0.05, 0) is 99.7 Å². The summed E-state index contributed by atoms with van der Waals surface area (Å²) in [5, 5.41) is 50.2. The van der Waals surface area contributed by atoms with Gasteiger partial charge in [0.2, 0.25) is 0 Å². The van der Waals surface area contributed by atoms with Gasteiger partial charge in [0.15, 0.2) is 6.10 Å². The van der Waals surface area contributed by atoms with Gasteiger partial charge in [0.25, 0.3) is 5.91 Å². The van der Waals surface area contributed by atoms with E-state index in [-0.39, 0.29) is 25.3 Å². The van der Waals surface area contributed by atoms with Gasteiger partial charge < -0.3 is 39.9 Å². The quantitative estimate of drug-likeness (QED) is 0.117. The van der Waals surface area contributed by atoms with E-state index in [0.29, 0.717) is 29.3 Å². The third kappa shape index (κ3) is 9.11. The summed E-state index contributed by atoms with van der Waals surface area (Å²) < 4.78 is 12.8. The Morgan fingerprint density at radius 2 is 1.67 bits per heavy atom. The Bertz CT molecular complexity index is 1580. The smallest absolute Gasteiger partial charge is 0.254 e. The van der Waals surface area contributed by atoms with Gasteiger partial charge in [0.1, 0.15) is 24.1 Å². The predicted octanol–water partition coefficient (Wildman–Crippen LogP) is 4.80. The fourth-order valence-corrected chi connectivity index (χ4v) is 6.48. The van der Waals surface area contributed by atoms with Crippen molar-refractivity contribution in [1.29, 1.82) is 0 Å². The van der Waals surface area contributed by atoms with Crippen LogP contribution in [0.4, 0.5) is 0 Å². The molecule has 2 saturated carbocycles. The molecule has 12 heteroatoms. The Kier molecular flexibility index (Phi) is 12.6. The second-order valence-electron chi connectivity index (χ2n) is 13.3. The number of rotatable bonds is 18. The maximum Gasteiger partial charge on any atom is 0.254 e. The number of pyridine rings is 1. The Hall–Kier alpha value is -2.80. The topological polar surface area (TPSA) is 153 Å². The molecule has 2 aromatic carbocycles. The van der Waals surface area contributed by atoms with E-state index in [2.05, 4.69) is 11.1 Å². The number of para-hydroxylation sites is 1. The van der Waals surface area contributed by atoms with Gasteiger partial charge in [-0.15, -0.1) is 0 Å². The van der Waals surface area contributed by atoms with Gasteiger partial charge >= 0.3 is 0 Å². The Balaban J connectivity index is 1.18. The number of hydrogen-bond donors (Lipinski definition) is 5. The second kappa shape index (κ2) is 16.5. The fourth-order valence-electron chi connectivity index (χ4n) is 5.96. The van der Waals surface area contributed by atoms with Gasteiger partial charge in [0, 0.05) is 46.2 Å². The number of amides is 1. The summed E-state index contributed by atoms with van der Waals surface area (Å²) in [5.41, 5.74) is 4.25. The number of aromatic nitrogens is 1. The highest BCUT2D eigenvalue weighted by atomic mass is 35.5. The van der Waals surface area contributed by atoms with Gasteiger partial charge in [-0.1, -0.05) is 41.4 Å². The number of aliphatic hydroxyl groups is 5. The third-order valence-corrected chi connectivity index (χ3v) is 9.94. The molecule has 0 aliphatic heterocycles. The monoisotopic (exact) mass is 716 g/mol. The van der Waals surface area contributed by atoms with Crippen molar-refractivity contribution in [3.63, 3.8) is 0 Å². The summed E-state index contributed by atoms with van der Waals surface area (Å²) >= 11 is 13.5. The van der Waals surface area contributed by atoms with E-state index in [4.69, 9.17) is 37.8 Å². The molecule has 266 valence electrons. The Labute approximate surface area is 297 Å². The van der Waals surface area contributed by atoms with Crippen LogP contribution in [0, 0.1) is 0 Å². The first-order chi connectivity index (χ1) is 23.5. The number of aliphatic hydroxyl groups excluding tert-OH is 5. The van der Waals surface area contributed by atoms with E-state index >= 15 is 0 Å². The highest BCUT2D eigenvalue weighted by Gasteiger charge is 2.48. The summed E-state index contributed by atoms with van der Waals surface area (Å²) in [6, 6.07) is 13.5. The Morgan fingerprint density at radius 1 is 0.980 bits per heavy atom. The van der Waals surface area contributed by atoms with Crippen molar-refractivity contribution in [2.45, 2.75) is 108 Å². The lowest BCUT2D eigenvalue weighted by molar-refractivity contribution is -0.160. The molecule has 2 fully saturated rings. The molecule has 0 saturated heterocycles. The molecular weight excluding hydrogens is 671 g/mol. The lowest BCUT2D eigenvalue weighted by Gasteiger charge is -2.32. The lowest BCUT2D eigenvalue weighted by atomic mass is 9.96. The van der Waals surface area contributed by atoms with Gasteiger partial charge in [-0.3, -0.25) is 9.78 Å². The van der Waals surface area contributed by atoms with Crippen LogP contribution in [0.2, 0.25) is 10.0 Å². The molecule has 0 radical (unpaired) electrons. The zero-order chi connectivity index (χ0) is 35.3. The molecule has 49 heavy (non-hydrogen) atoms. The number of unbranched alkanes of at least 4 members (excludes halogenated alkanes) is 1. The number of nitrogens with zero attached hydrogens (tertiary/aromatic N) is 2. The highest BCUT2D eigenvalue weighted by molar-refractivity contribution is 6.34. The van der Waals surface area contributed by atoms with Crippen LogP contribution < -0.4 is 4.74 Å². The molecule has 1 amide bonds. The molecule has 5 N–H and O–H groups in total. The number of carbonyl (C=O) groups is 1. The highest BCUT2D eigenvalue weighted by Crippen LogP contribution is 2.53. The van der Waals surface area contributed by atoms with Crippen molar-refractivity contribution in [1.82, 2.24) is 9.88 Å². The first-order valence-electron chi connectivity index (χ1n) is 16.9. The fraction of sp³-hybridized carbons (Fsp3) is 0.514. The van der Waals surface area contributed by atoms with Crippen LogP contribution in [0.25, 0.3) is 11.1 Å². The molecule has 2 aliphatic rings. The average molecular weight is 718 g/mol. The average Bonchev–Trinajstić information content (AvgIpc) is 4.05. The van der Waals surface area contributed by atoms with Crippen LogP contribution >= 0.6 is 23.2 Å². The van der Waals surface area contributed by atoms with Crippen molar-refractivity contribution in [3.05, 3.63) is 81.6 Å². The van der Waals surface area contributed by atoms with Crippen molar-refractivity contribution in [3.8, 4) is 16.9 Å². The van der Waals surface area contributed by atoms with Gasteiger partial charge in [-0.25, -0.2) is 0 Å². The van der Waals surface area contributed by atoms with Crippen molar-refractivity contribution in [2.75, 3.05) is 13.2 Å². The second-order valence-corrected chi connectivity index (χ2v) is 14.1. The van der Waals surface area contributed by atoms with E-state index in [1.165, 1.54) is 4.90 Å². The molecule has 1 heterocycles. The minimum Gasteiger partial charge on any atom is -0.490 e. The maximum absolute atomic E-state index is 12.9. The summed E-state index contributed by atoms with van der Waals surface area (Å²) in [6.45, 7) is 3.28. The van der Waals surface area contributed by atoms with Crippen LogP contribution in [-0.4, -0.2) is 91.0 Å². The zero-order valence-corrected chi connectivity index (χ0v) is 29.4. The van der Waals surface area contributed by atoms with Crippen molar-refractivity contribution < 1.29 is 39.8 Å². The predicted molar refractivity (Wildman–Crippen MR) is 186 cm³/mol. The molecule has 2 aliphatic carbocycles. The maximum atomic E-state index is 12.9. The summed E-state index contributed by atoms with van der Waals surface area (Å²) in [4.78, 5) is 18.8. The first kappa shape index (κ1) is 37.5. The normalized spacial score (nSPS) is 17.8. The van der Waals surface area contributed by atoms with Crippen LogP contribution in [0.3, 0.4) is 0 Å². The Morgan fingerprint density at radius 3 is 2.35 bits per heavy atom. The number of benzene rings is 2. The number of carbonyl (C=O) groups excluding carboxylic acids is 1. The number of ether oxygens (including phenoxy) is 2. The SMILES string of the molecule is CC(C)N(CCCCc1cc(Cl)c(COC2(c3cnccc3-c3ccccc3OC3CC3)CC2)cc1Cl)C(=O)[C@@H](O)[C@@H](O)[C@H](O)[C@@H](O)CO. The van der Waals surface area contributed by atoms with Crippen molar-refractivity contribution >= 4 is 29.1 Å². The van der Waals surface area contributed by atoms with Gasteiger partial charge in [-0.2, -0.15) is 0 Å². The van der Waals surface area contributed by atoms with E-state index in [1.807, 2.05) is 42.6 Å². The molecule has 5 rings (SSSR count). The number of halogens is 2. The largest absolute Gasteiger partial charge is 0.490 e. The van der Waals surface area contributed by atoms with E-state index in [1.54, 1.807) is 20.0 Å². The zero-order valence-electron chi connectivity index (χ0n) is 27.8. The molecule has 0 unspecified atom stereocenters. The molecule has 1 aromatic heterocycles. The molecule has 3 aromatic rings.